The Labute approximate surface area is 135 Å². The van der Waals surface area contributed by atoms with Gasteiger partial charge in [0.1, 0.15) is 6.10 Å². The van der Waals surface area contributed by atoms with Crippen LogP contribution in [0.3, 0.4) is 0 Å². The summed E-state index contributed by atoms with van der Waals surface area (Å²) < 4.78 is 2.01. The van der Waals surface area contributed by atoms with Crippen LogP contribution >= 0.6 is 0 Å². The molecule has 0 spiro atoms. The van der Waals surface area contributed by atoms with Crippen molar-refractivity contribution in [1.82, 2.24) is 19.3 Å². The third-order valence-electron chi connectivity index (χ3n) is 4.57. The molecular weight excluding hydrogens is 294 g/mol. The van der Waals surface area contributed by atoms with Crippen LogP contribution in [-0.2, 0) is 11.3 Å². The van der Waals surface area contributed by atoms with E-state index in [-0.39, 0.29) is 5.92 Å². The number of primary amides is 1. The number of nitrogens with zero attached hydrogens (tertiary/aromatic N) is 4. The van der Waals surface area contributed by atoms with Crippen LogP contribution in [0.4, 0.5) is 0 Å². The van der Waals surface area contributed by atoms with Crippen LogP contribution in [0.15, 0.2) is 12.3 Å². The SMILES string of the molecule is Cc1cc(C)n2cc(CN3CCC(C(O)C(N)=O)CC3)nc2n1. The van der Waals surface area contributed by atoms with E-state index in [0.29, 0.717) is 0 Å². The second-order valence-corrected chi connectivity index (χ2v) is 6.40. The number of piperidine rings is 1. The summed E-state index contributed by atoms with van der Waals surface area (Å²) in [5.41, 5.74) is 8.24. The molecule has 7 nitrogen and oxygen atoms in total. The van der Waals surface area contributed by atoms with E-state index in [4.69, 9.17) is 5.73 Å². The number of rotatable bonds is 4. The van der Waals surface area contributed by atoms with Crippen molar-refractivity contribution in [2.45, 2.75) is 39.3 Å². The van der Waals surface area contributed by atoms with Crippen molar-refractivity contribution in [3.05, 3.63) is 29.3 Å². The van der Waals surface area contributed by atoms with Gasteiger partial charge in [0, 0.05) is 24.1 Å². The fraction of sp³-hybridized carbons (Fsp3) is 0.562. The van der Waals surface area contributed by atoms with Crippen LogP contribution in [0.1, 0.15) is 29.9 Å². The number of hydrogen-bond donors (Lipinski definition) is 2. The normalized spacial score (nSPS) is 18.4. The van der Waals surface area contributed by atoms with Gasteiger partial charge < -0.3 is 10.8 Å². The fourth-order valence-corrected chi connectivity index (χ4v) is 3.28. The number of nitrogens with two attached hydrogens (primary N) is 1. The standard InChI is InChI=1S/C16H23N5O2/c1-10-7-11(2)21-9-13(19-16(21)18-10)8-20-5-3-12(4-6-20)14(22)15(17)23/h7,9,12,14,22H,3-6,8H2,1-2H3,(H2,17,23). The monoisotopic (exact) mass is 317 g/mol. The maximum Gasteiger partial charge on any atom is 0.246 e. The minimum atomic E-state index is -1.03. The van der Waals surface area contributed by atoms with Gasteiger partial charge in [-0.3, -0.25) is 14.1 Å². The second-order valence-electron chi connectivity index (χ2n) is 6.40. The van der Waals surface area contributed by atoms with Gasteiger partial charge in [0.25, 0.3) is 0 Å². The van der Waals surface area contributed by atoms with Crippen LogP contribution in [0, 0.1) is 19.8 Å². The number of aliphatic hydroxyl groups is 1. The van der Waals surface area contributed by atoms with E-state index in [9.17, 15) is 9.90 Å². The molecule has 2 aromatic rings. The Morgan fingerprint density at radius 1 is 1.39 bits per heavy atom. The first kappa shape index (κ1) is 15.9. The average Bonchev–Trinajstić information content (AvgIpc) is 2.90. The molecule has 0 aliphatic carbocycles. The number of carbonyl (C=O) groups excluding carboxylic acids is 1. The topological polar surface area (TPSA) is 96.8 Å². The summed E-state index contributed by atoms with van der Waals surface area (Å²) >= 11 is 0. The van der Waals surface area contributed by atoms with Crippen molar-refractivity contribution >= 4 is 11.7 Å². The summed E-state index contributed by atoms with van der Waals surface area (Å²) in [5.74, 6) is 0.0774. The molecule has 7 heteroatoms. The zero-order valence-corrected chi connectivity index (χ0v) is 13.6. The molecule has 2 aromatic heterocycles. The number of amides is 1. The molecule has 3 heterocycles. The third-order valence-corrected chi connectivity index (χ3v) is 4.57. The predicted octanol–water partition coefficient (Wildman–Crippen LogP) is 0.404. The Hall–Kier alpha value is -1.99. The first-order valence-corrected chi connectivity index (χ1v) is 7.96. The van der Waals surface area contributed by atoms with Gasteiger partial charge in [-0.15, -0.1) is 0 Å². The molecule has 124 valence electrons. The van der Waals surface area contributed by atoms with Crippen LogP contribution in [0.25, 0.3) is 5.78 Å². The number of fused-ring (bicyclic) bond motifs is 1. The van der Waals surface area contributed by atoms with Crippen molar-refractivity contribution in [3.63, 3.8) is 0 Å². The Bertz CT molecular complexity index is 719. The number of aryl methyl sites for hydroxylation is 2. The molecule has 23 heavy (non-hydrogen) atoms. The van der Waals surface area contributed by atoms with E-state index in [1.807, 2.05) is 30.5 Å². The van der Waals surface area contributed by atoms with Crippen molar-refractivity contribution in [3.8, 4) is 0 Å². The van der Waals surface area contributed by atoms with E-state index >= 15 is 0 Å². The lowest BCUT2D eigenvalue weighted by molar-refractivity contribution is -0.129. The summed E-state index contributed by atoms with van der Waals surface area (Å²) in [6, 6.07) is 2.04. The number of likely N-dealkylation sites (tertiary alicyclic amines) is 1. The predicted molar refractivity (Wildman–Crippen MR) is 85.7 cm³/mol. The van der Waals surface area contributed by atoms with E-state index in [2.05, 4.69) is 14.9 Å². The van der Waals surface area contributed by atoms with Gasteiger partial charge in [-0.2, -0.15) is 0 Å². The molecule has 1 atom stereocenters. The smallest absolute Gasteiger partial charge is 0.246 e. The third kappa shape index (κ3) is 3.35. The zero-order valence-electron chi connectivity index (χ0n) is 13.6. The van der Waals surface area contributed by atoms with Crippen LogP contribution in [0.5, 0.6) is 0 Å². The molecular formula is C16H23N5O2. The molecule has 1 aliphatic heterocycles. The van der Waals surface area contributed by atoms with Gasteiger partial charge in [0.05, 0.1) is 5.69 Å². The number of aromatic nitrogens is 3. The second kappa shape index (κ2) is 6.25. The van der Waals surface area contributed by atoms with E-state index in [0.717, 1.165) is 55.3 Å². The summed E-state index contributed by atoms with van der Waals surface area (Å²) in [6.07, 6.45) is 2.55. The van der Waals surface area contributed by atoms with E-state index in [1.54, 1.807) is 0 Å². The molecule has 1 saturated heterocycles. The van der Waals surface area contributed by atoms with Gasteiger partial charge >= 0.3 is 0 Å². The summed E-state index contributed by atoms with van der Waals surface area (Å²) in [7, 11) is 0. The summed E-state index contributed by atoms with van der Waals surface area (Å²) in [6.45, 7) is 6.42. The number of hydrogen-bond acceptors (Lipinski definition) is 5. The first-order chi connectivity index (χ1) is 10.9. The quantitative estimate of drug-likeness (QED) is 0.851. The van der Waals surface area contributed by atoms with Gasteiger partial charge in [0.15, 0.2) is 0 Å². The van der Waals surface area contributed by atoms with Gasteiger partial charge in [0.2, 0.25) is 11.7 Å². The summed E-state index contributed by atoms with van der Waals surface area (Å²) in [4.78, 5) is 22.4. The molecule has 3 rings (SSSR count). The van der Waals surface area contributed by atoms with Crippen molar-refractivity contribution in [1.29, 1.82) is 0 Å². The van der Waals surface area contributed by atoms with Crippen molar-refractivity contribution in [2.24, 2.45) is 11.7 Å². The molecule has 1 unspecified atom stereocenters. The molecule has 0 saturated carbocycles. The fourth-order valence-electron chi connectivity index (χ4n) is 3.28. The Kier molecular flexibility index (Phi) is 4.32. The highest BCUT2D eigenvalue weighted by Crippen LogP contribution is 2.22. The van der Waals surface area contributed by atoms with E-state index in [1.165, 1.54) is 0 Å². The average molecular weight is 317 g/mol. The Morgan fingerprint density at radius 3 is 2.74 bits per heavy atom. The van der Waals surface area contributed by atoms with Crippen LogP contribution < -0.4 is 5.73 Å². The largest absolute Gasteiger partial charge is 0.383 e. The van der Waals surface area contributed by atoms with Crippen molar-refractivity contribution in [2.75, 3.05) is 13.1 Å². The molecule has 1 fully saturated rings. The highest BCUT2D eigenvalue weighted by atomic mass is 16.3. The molecule has 1 amide bonds. The number of carbonyl (C=O) groups is 1. The van der Waals surface area contributed by atoms with E-state index < -0.39 is 12.0 Å². The van der Waals surface area contributed by atoms with Gasteiger partial charge in [-0.05, 0) is 51.8 Å². The van der Waals surface area contributed by atoms with Crippen molar-refractivity contribution < 1.29 is 9.90 Å². The summed E-state index contributed by atoms with van der Waals surface area (Å²) in [5, 5.41) is 9.76. The number of aliphatic hydroxyl groups excluding tert-OH is 1. The Balaban J connectivity index is 1.65. The molecule has 3 N–H and O–H groups in total. The van der Waals surface area contributed by atoms with Gasteiger partial charge in [-0.1, -0.05) is 0 Å². The lowest BCUT2D eigenvalue weighted by Gasteiger charge is -2.32. The molecule has 1 aliphatic rings. The lowest BCUT2D eigenvalue weighted by Crippen LogP contribution is -2.42. The molecule has 0 radical (unpaired) electrons. The maximum atomic E-state index is 11.1. The molecule has 0 bridgehead atoms. The minimum Gasteiger partial charge on any atom is -0.383 e. The lowest BCUT2D eigenvalue weighted by atomic mass is 9.91. The highest BCUT2D eigenvalue weighted by molar-refractivity contribution is 5.78. The number of imidazole rings is 1. The maximum absolute atomic E-state index is 11.1. The highest BCUT2D eigenvalue weighted by Gasteiger charge is 2.28. The van der Waals surface area contributed by atoms with Crippen LogP contribution in [-0.4, -0.2) is 49.5 Å². The molecule has 0 aromatic carbocycles. The Morgan fingerprint density at radius 2 is 2.09 bits per heavy atom. The van der Waals surface area contributed by atoms with Crippen LogP contribution in [0.2, 0.25) is 0 Å². The minimum absolute atomic E-state index is 0.0311. The zero-order chi connectivity index (χ0) is 16.6. The first-order valence-electron chi connectivity index (χ1n) is 7.96. The van der Waals surface area contributed by atoms with Gasteiger partial charge in [-0.25, -0.2) is 9.97 Å².